The van der Waals surface area contributed by atoms with Gasteiger partial charge in [-0.1, -0.05) is 24.3 Å². The predicted molar refractivity (Wildman–Crippen MR) is 84.6 cm³/mol. The number of nitrogens with zero attached hydrogens (tertiary/aromatic N) is 1. The topological polar surface area (TPSA) is 46.6 Å². The Hall–Kier alpha value is -0.910. The fourth-order valence-corrected chi connectivity index (χ4v) is 3.90. The van der Waals surface area contributed by atoms with Gasteiger partial charge in [-0.2, -0.15) is 0 Å². The van der Waals surface area contributed by atoms with Crippen LogP contribution in [0.2, 0.25) is 0 Å². The second-order valence-electron chi connectivity index (χ2n) is 5.78. The van der Waals surface area contributed by atoms with E-state index in [1.54, 1.807) is 7.05 Å². The van der Waals surface area contributed by atoms with Crippen LogP contribution in [-0.2, 0) is 20.5 Å². The molecule has 1 unspecified atom stereocenters. The Bertz CT molecular complexity index is 550. The number of ether oxygens (including phenoxy) is 1. The first-order valence-corrected chi connectivity index (χ1v) is 9.20. The van der Waals surface area contributed by atoms with Gasteiger partial charge in [-0.25, -0.2) is 12.7 Å². The molecule has 2 rings (SSSR count). The Labute approximate surface area is 128 Å². The summed E-state index contributed by atoms with van der Waals surface area (Å²) in [5.41, 5.74) is 1.89. The molecule has 0 amide bonds. The molecule has 1 aliphatic rings. The molecule has 118 valence electrons. The summed E-state index contributed by atoms with van der Waals surface area (Å²) in [6, 6.07) is 7.63. The van der Waals surface area contributed by atoms with Crippen LogP contribution in [0.3, 0.4) is 0 Å². The standard InChI is InChI=1S/C16H25NO3S/c1-14-7-3-4-8-15(14)13-21(18,19)17(2)11-10-16-9-5-6-12-20-16/h3-4,7-8,16H,5-6,9-13H2,1-2H3. The van der Waals surface area contributed by atoms with E-state index in [2.05, 4.69) is 0 Å². The highest BCUT2D eigenvalue weighted by atomic mass is 32.2. The van der Waals surface area contributed by atoms with E-state index in [4.69, 9.17) is 4.74 Å². The molecule has 1 saturated heterocycles. The number of sulfonamides is 1. The Morgan fingerprint density at radius 1 is 1.29 bits per heavy atom. The van der Waals surface area contributed by atoms with E-state index >= 15 is 0 Å². The van der Waals surface area contributed by atoms with Gasteiger partial charge in [0.05, 0.1) is 11.9 Å². The first kappa shape index (κ1) is 16.5. The molecule has 1 atom stereocenters. The van der Waals surface area contributed by atoms with Crippen molar-refractivity contribution in [3.63, 3.8) is 0 Å². The third kappa shape index (κ3) is 4.80. The Morgan fingerprint density at radius 2 is 2.05 bits per heavy atom. The lowest BCUT2D eigenvalue weighted by Gasteiger charge is -2.25. The third-order valence-electron chi connectivity index (χ3n) is 4.11. The molecule has 1 aliphatic heterocycles. The van der Waals surface area contributed by atoms with E-state index < -0.39 is 10.0 Å². The minimum absolute atomic E-state index is 0.0711. The molecule has 0 bridgehead atoms. The molecule has 0 radical (unpaired) electrons. The molecule has 0 aromatic heterocycles. The fourth-order valence-electron chi connectivity index (χ4n) is 2.58. The van der Waals surface area contributed by atoms with Crippen molar-refractivity contribution in [1.29, 1.82) is 0 Å². The average molecular weight is 311 g/mol. The number of aryl methyl sites for hydroxylation is 1. The second-order valence-corrected chi connectivity index (χ2v) is 7.86. The summed E-state index contributed by atoms with van der Waals surface area (Å²) in [6.07, 6.45) is 4.35. The van der Waals surface area contributed by atoms with E-state index in [9.17, 15) is 8.42 Å². The summed E-state index contributed by atoms with van der Waals surface area (Å²) >= 11 is 0. The van der Waals surface area contributed by atoms with Gasteiger partial charge in [0.2, 0.25) is 10.0 Å². The molecule has 0 N–H and O–H groups in total. The predicted octanol–water partition coefficient (Wildman–Crippen LogP) is 2.72. The van der Waals surface area contributed by atoms with Gasteiger partial charge in [0.15, 0.2) is 0 Å². The van der Waals surface area contributed by atoms with Crippen LogP contribution in [0.5, 0.6) is 0 Å². The molecule has 1 aromatic rings. The molecule has 4 nitrogen and oxygen atoms in total. The number of hydrogen-bond acceptors (Lipinski definition) is 3. The maximum atomic E-state index is 12.4. The van der Waals surface area contributed by atoms with Crippen molar-refractivity contribution < 1.29 is 13.2 Å². The van der Waals surface area contributed by atoms with E-state index in [1.165, 1.54) is 10.7 Å². The smallest absolute Gasteiger partial charge is 0.218 e. The van der Waals surface area contributed by atoms with E-state index in [1.807, 2.05) is 31.2 Å². The molecule has 21 heavy (non-hydrogen) atoms. The van der Waals surface area contributed by atoms with Crippen molar-refractivity contribution in [2.45, 2.75) is 44.5 Å². The summed E-state index contributed by atoms with van der Waals surface area (Å²) in [7, 11) is -1.60. The summed E-state index contributed by atoms with van der Waals surface area (Å²) < 4.78 is 31.9. The van der Waals surface area contributed by atoms with Gasteiger partial charge in [-0.15, -0.1) is 0 Å². The van der Waals surface area contributed by atoms with E-state index in [-0.39, 0.29) is 11.9 Å². The lowest BCUT2D eigenvalue weighted by Crippen LogP contribution is -2.32. The van der Waals surface area contributed by atoms with E-state index in [0.717, 1.165) is 37.0 Å². The van der Waals surface area contributed by atoms with Gasteiger partial charge < -0.3 is 4.74 Å². The van der Waals surface area contributed by atoms with Gasteiger partial charge in [0.1, 0.15) is 0 Å². The first-order valence-electron chi connectivity index (χ1n) is 7.59. The van der Waals surface area contributed by atoms with Crippen LogP contribution in [0, 0.1) is 6.92 Å². The molecule has 0 aliphatic carbocycles. The normalized spacial score (nSPS) is 19.9. The SMILES string of the molecule is Cc1ccccc1CS(=O)(=O)N(C)CCC1CCCCO1. The molecule has 0 spiro atoms. The summed E-state index contributed by atoms with van der Waals surface area (Å²) in [5.74, 6) is 0.0711. The van der Waals surface area contributed by atoms with Crippen LogP contribution in [-0.4, -0.2) is 39.0 Å². The van der Waals surface area contributed by atoms with Gasteiger partial charge >= 0.3 is 0 Å². The van der Waals surface area contributed by atoms with Gasteiger partial charge in [0.25, 0.3) is 0 Å². The van der Waals surface area contributed by atoms with Crippen molar-refractivity contribution in [3.8, 4) is 0 Å². The van der Waals surface area contributed by atoms with Crippen molar-refractivity contribution >= 4 is 10.0 Å². The van der Waals surface area contributed by atoms with Crippen molar-refractivity contribution in [3.05, 3.63) is 35.4 Å². The monoisotopic (exact) mass is 311 g/mol. The summed E-state index contributed by atoms with van der Waals surface area (Å²) in [6.45, 7) is 3.28. The number of benzene rings is 1. The molecular weight excluding hydrogens is 286 g/mol. The molecular formula is C16H25NO3S. The lowest BCUT2D eigenvalue weighted by atomic mass is 10.1. The van der Waals surface area contributed by atoms with Crippen LogP contribution >= 0.6 is 0 Å². The maximum absolute atomic E-state index is 12.4. The zero-order valence-electron chi connectivity index (χ0n) is 12.9. The molecule has 0 saturated carbocycles. The van der Waals surface area contributed by atoms with Crippen molar-refractivity contribution in [2.24, 2.45) is 0 Å². The van der Waals surface area contributed by atoms with Gasteiger partial charge in [-0.05, 0) is 43.7 Å². The van der Waals surface area contributed by atoms with E-state index in [0.29, 0.717) is 6.54 Å². The zero-order chi connectivity index (χ0) is 15.3. The van der Waals surface area contributed by atoms with Crippen LogP contribution in [0.1, 0.15) is 36.8 Å². The first-order chi connectivity index (χ1) is 9.99. The number of hydrogen-bond donors (Lipinski definition) is 0. The van der Waals surface area contributed by atoms with Gasteiger partial charge in [-0.3, -0.25) is 0 Å². The van der Waals surface area contributed by atoms with Crippen molar-refractivity contribution in [1.82, 2.24) is 4.31 Å². The fraction of sp³-hybridized carbons (Fsp3) is 0.625. The minimum atomic E-state index is -3.26. The highest BCUT2D eigenvalue weighted by molar-refractivity contribution is 7.88. The molecule has 1 fully saturated rings. The summed E-state index contributed by atoms with van der Waals surface area (Å²) in [4.78, 5) is 0. The Kier molecular flexibility index (Phi) is 5.79. The highest BCUT2D eigenvalue weighted by Gasteiger charge is 2.21. The largest absolute Gasteiger partial charge is 0.378 e. The quantitative estimate of drug-likeness (QED) is 0.811. The van der Waals surface area contributed by atoms with Crippen molar-refractivity contribution in [2.75, 3.05) is 20.2 Å². The average Bonchev–Trinajstić information content (AvgIpc) is 2.48. The molecule has 1 aromatic carbocycles. The second kappa shape index (κ2) is 7.38. The Morgan fingerprint density at radius 3 is 2.71 bits per heavy atom. The minimum Gasteiger partial charge on any atom is -0.378 e. The maximum Gasteiger partial charge on any atom is 0.218 e. The van der Waals surface area contributed by atoms with Crippen LogP contribution in [0.4, 0.5) is 0 Å². The zero-order valence-corrected chi connectivity index (χ0v) is 13.7. The van der Waals surface area contributed by atoms with Crippen LogP contribution in [0.15, 0.2) is 24.3 Å². The van der Waals surface area contributed by atoms with Crippen LogP contribution < -0.4 is 0 Å². The molecule has 1 heterocycles. The van der Waals surface area contributed by atoms with Crippen LogP contribution in [0.25, 0.3) is 0 Å². The van der Waals surface area contributed by atoms with Gasteiger partial charge in [0, 0.05) is 20.2 Å². The summed E-state index contributed by atoms with van der Waals surface area (Å²) in [5, 5.41) is 0. The number of rotatable bonds is 6. The Balaban J connectivity index is 1.90. The highest BCUT2D eigenvalue weighted by Crippen LogP contribution is 2.18. The molecule has 5 heteroatoms. The lowest BCUT2D eigenvalue weighted by molar-refractivity contribution is 0.00950. The third-order valence-corrected chi connectivity index (χ3v) is 5.92.